The molecule has 0 bridgehead atoms. The highest BCUT2D eigenvalue weighted by Crippen LogP contribution is 2.43. The molecule has 1 amide bonds. The van der Waals surface area contributed by atoms with E-state index in [1.807, 2.05) is 6.07 Å². The van der Waals surface area contributed by atoms with Gasteiger partial charge in [0.25, 0.3) is 0 Å². The van der Waals surface area contributed by atoms with Crippen molar-refractivity contribution in [3.8, 4) is 0 Å². The number of rotatable bonds is 6. The summed E-state index contributed by atoms with van der Waals surface area (Å²) < 4.78 is 20.6. The van der Waals surface area contributed by atoms with E-state index in [1.165, 1.54) is 13.0 Å². The summed E-state index contributed by atoms with van der Waals surface area (Å²) in [4.78, 5) is 30.1. The van der Waals surface area contributed by atoms with E-state index in [9.17, 15) is 14.0 Å². The summed E-state index contributed by atoms with van der Waals surface area (Å²) >= 11 is 0. The van der Waals surface area contributed by atoms with E-state index >= 15 is 0 Å². The minimum Gasteiger partial charge on any atom is -0.361 e. The van der Waals surface area contributed by atoms with Crippen LogP contribution in [0.1, 0.15) is 60.5 Å². The largest absolute Gasteiger partial charge is 0.361 e. The van der Waals surface area contributed by atoms with Gasteiger partial charge in [-0.05, 0) is 80.8 Å². The lowest BCUT2D eigenvalue weighted by Crippen LogP contribution is -2.47. The van der Waals surface area contributed by atoms with Crippen molar-refractivity contribution in [3.63, 3.8) is 0 Å². The van der Waals surface area contributed by atoms with Crippen LogP contribution in [0.2, 0.25) is 0 Å². The van der Waals surface area contributed by atoms with Gasteiger partial charge in [0.05, 0.1) is 18.2 Å². The molecule has 1 saturated carbocycles. The summed E-state index contributed by atoms with van der Waals surface area (Å²) in [6.45, 7) is 3.58. The highest BCUT2D eigenvalue weighted by Gasteiger charge is 2.51. The van der Waals surface area contributed by atoms with Crippen molar-refractivity contribution >= 4 is 17.6 Å². The van der Waals surface area contributed by atoms with Crippen LogP contribution in [0, 0.1) is 12.7 Å². The molecule has 4 rings (SSSR count). The van der Waals surface area contributed by atoms with Gasteiger partial charge >= 0.3 is 5.97 Å². The average molecular weight is 441 g/mol. The zero-order chi connectivity index (χ0) is 22.7. The van der Waals surface area contributed by atoms with E-state index in [2.05, 4.69) is 5.32 Å². The highest BCUT2D eigenvalue weighted by atomic mass is 19.1. The van der Waals surface area contributed by atoms with Gasteiger partial charge in [0.1, 0.15) is 5.82 Å². The highest BCUT2D eigenvalue weighted by molar-refractivity contribution is 5.89. The molecular formula is C25H29FN2O4. The molecule has 1 aliphatic carbocycles. The number of aryl methyl sites for hydroxylation is 1. The van der Waals surface area contributed by atoms with Crippen molar-refractivity contribution in [1.29, 1.82) is 0 Å². The van der Waals surface area contributed by atoms with Gasteiger partial charge in [-0.2, -0.15) is 0 Å². The molecule has 2 fully saturated rings. The van der Waals surface area contributed by atoms with Gasteiger partial charge in [0.15, 0.2) is 5.72 Å². The van der Waals surface area contributed by atoms with Gasteiger partial charge in [-0.25, -0.2) is 9.18 Å². The lowest BCUT2D eigenvalue weighted by molar-refractivity contribution is -0.232. The summed E-state index contributed by atoms with van der Waals surface area (Å²) in [7, 11) is 0. The number of ether oxygens (including phenoxy) is 1. The number of hydrogen-bond donors (Lipinski definition) is 1. The molecule has 6 nitrogen and oxygen atoms in total. The van der Waals surface area contributed by atoms with Gasteiger partial charge in [-0.15, -0.1) is 5.06 Å². The monoisotopic (exact) mass is 440 g/mol. The number of carbonyl (C=O) groups excluding carboxylic acids is 2. The minimum atomic E-state index is -0.576. The van der Waals surface area contributed by atoms with Gasteiger partial charge in [0, 0.05) is 12.6 Å². The number of hydrogen-bond acceptors (Lipinski definition) is 5. The summed E-state index contributed by atoms with van der Waals surface area (Å²) in [5.74, 6) is -0.999. The number of benzene rings is 2. The van der Waals surface area contributed by atoms with E-state index in [0.29, 0.717) is 36.3 Å². The predicted molar refractivity (Wildman–Crippen MR) is 118 cm³/mol. The molecule has 1 aliphatic heterocycles. The van der Waals surface area contributed by atoms with Crippen LogP contribution in [0.25, 0.3) is 0 Å². The Labute approximate surface area is 187 Å². The quantitative estimate of drug-likeness (QED) is 0.701. The maximum absolute atomic E-state index is 14.4. The lowest BCUT2D eigenvalue weighted by Gasteiger charge is -2.34. The molecule has 1 heterocycles. The van der Waals surface area contributed by atoms with Crippen molar-refractivity contribution in [2.75, 3.05) is 11.9 Å². The average Bonchev–Trinajstić information content (AvgIpc) is 3.38. The number of nitrogens with one attached hydrogen (secondary N) is 1. The second-order valence-corrected chi connectivity index (χ2v) is 8.65. The molecule has 1 spiro atoms. The molecule has 2 aliphatic rings. The Morgan fingerprint density at radius 2 is 1.94 bits per heavy atom. The third-order valence-corrected chi connectivity index (χ3v) is 6.37. The summed E-state index contributed by atoms with van der Waals surface area (Å²) in [5, 5.41) is 4.41. The summed E-state index contributed by atoms with van der Waals surface area (Å²) in [5.41, 5.74) is 1.73. The van der Waals surface area contributed by atoms with Crippen LogP contribution in [0.5, 0.6) is 0 Å². The van der Waals surface area contributed by atoms with Crippen LogP contribution in [-0.4, -0.2) is 35.3 Å². The Morgan fingerprint density at radius 3 is 2.62 bits per heavy atom. The van der Waals surface area contributed by atoms with Crippen molar-refractivity contribution in [1.82, 2.24) is 5.06 Å². The third kappa shape index (κ3) is 4.69. The van der Waals surface area contributed by atoms with E-state index in [1.54, 1.807) is 42.3 Å². The molecule has 2 aromatic carbocycles. The third-order valence-electron chi connectivity index (χ3n) is 6.37. The second-order valence-electron chi connectivity index (χ2n) is 8.65. The van der Waals surface area contributed by atoms with Crippen LogP contribution < -0.4 is 5.32 Å². The first-order chi connectivity index (χ1) is 15.4. The Morgan fingerprint density at radius 1 is 1.22 bits per heavy atom. The van der Waals surface area contributed by atoms with E-state index in [-0.39, 0.29) is 17.8 Å². The van der Waals surface area contributed by atoms with Crippen LogP contribution in [0.3, 0.4) is 0 Å². The van der Waals surface area contributed by atoms with E-state index in [4.69, 9.17) is 9.57 Å². The zero-order valence-electron chi connectivity index (χ0n) is 18.5. The first kappa shape index (κ1) is 22.4. The fourth-order valence-corrected chi connectivity index (χ4v) is 4.68. The number of anilines is 1. The molecule has 1 atom stereocenters. The van der Waals surface area contributed by atoms with E-state index < -0.39 is 11.7 Å². The van der Waals surface area contributed by atoms with Crippen LogP contribution in [-0.2, 0) is 20.8 Å². The molecule has 170 valence electrons. The molecule has 7 heteroatoms. The Bertz CT molecular complexity index is 989. The van der Waals surface area contributed by atoms with Crippen LogP contribution >= 0.6 is 0 Å². The number of halogens is 1. The SMILES string of the molecule is CC(=O)Nc1cc(F)c(C)c(CC[C@H]2COC3(CCCC3)N2OC(=O)c2ccccc2)c1. The predicted octanol–water partition coefficient (Wildman–Crippen LogP) is 4.77. The standard InChI is InChI=1S/C25H29FN2O4/c1-17-20(14-21(15-23(17)26)27-18(2)29)10-11-22-16-31-25(12-6-7-13-25)28(22)32-24(30)19-8-4-3-5-9-19/h3-5,8-9,14-15,22H,6-7,10-13,16H2,1-2H3,(H,27,29)/t22-/m0/s1. The minimum absolute atomic E-state index is 0.132. The van der Waals surface area contributed by atoms with Crippen LogP contribution in [0.4, 0.5) is 10.1 Å². The normalized spacial score (nSPS) is 19.9. The number of carbonyl (C=O) groups is 2. The molecule has 2 aromatic rings. The van der Waals surface area contributed by atoms with Gasteiger partial charge in [-0.1, -0.05) is 18.2 Å². The fraction of sp³-hybridized carbons (Fsp3) is 0.440. The molecule has 0 unspecified atom stereocenters. The van der Waals surface area contributed by atoms with Crippen LogP contribution in [0.15, 0.2) is 42.5 Å². The molecule has 0 aromatic heterocycles. The Hall–Kier alpha value is -2.77. The molecular weight excluding hydrogens is 411 g/mol. The lowest BCUT2D eigenvalue weighted by atomic mass is 9.99. The van der Waals surface area contributed by atoms with Gasteiger partial charge in [-0.3, -0.25) is 4.79 Å². The van der Waals surface area contributed by atoms with Gasteiger partial charge < -0.3 is 14.9 Å². The fourth-order valence-electron chi connectivity index (χ4n) is 4.68. The number of hydroxylamine groups is 2. The molecule has 32 heavy (non-hydrogen) atoms. The number of amides is 1. The Balaban J connectivity index is 1.51. The smallest absolute Gasteiger partial charge is 0.357 e. The second kappa shape index (κ2) is 9.38. The van der Waals surface area contributed by atoms with Crippen molar-refractivity contribution in [2.24, 2.45) is 0 Å². The molecule has 1 saturated heterocycles. The van der Waals surface area contributed by atoms with Crippen molar-refractivity contribution < 1.29 is 23.6 Å². The first-order valence-corrected chi connectivity index (χ1v) is 11.2. The van der Waals surface area contributed by atoms with Crippen molar-refractivity contribution in [2.45, 2.75) is 64.1 Å². The maximum Gasteiger partial charge on any atom is 0.357 e. The zero-order valence-corrected chi connectivity index (χ0v) is 18.5. The topological polar surface area (TPSA) is 67.9 Å². The summed E-state index contributed by atoms with van der Waals surface area (Å²) in [6.07, 6.45) is 4.88. The first-order valence-electron chi connectivity index (χ1n) is 11.2. The molecule has 1 N–H and O–H groups in total. The maximum atomic E-state index is 14.4. The van der Waals surface area contributed by atoms with E-state index in [0.717, 1.165) is 31.2 Å². The van der Waals surface area contributed by atoms with Gasteiger partial charge in [0.2, 0.25) is 5.91 Å². The molecule has 0 radical (unpaired) electrons. The number of nitrogens with zero attached hydrogens (tertiary/aromatic N) is 1. The summed E-state index contributed by atoms with van der Waals surface area (Å²) in [6, 6.07) is 11.9. The van der Waals surface area contributed by atoms with Crippen molar-refractivity contribution in [3.05, 3.63) is 65.0 Å². The Kier molecular flexibility index (Phi) is 6.58.